The molecule has 0 N–H and O–H groups in total. The van der Waals surface area contributed by atoms with Gasteiger partial charge in [0.1, 0.15) is 5.60 Å². The van der Waals surface area contributed by atoms with Crippen LogP contribution in [0.4, 0.5) is 4.79 Å². The monoisotopic (exact) mass is 313 g/mol. The molecule has 4 nitrogen and oxygen atoms in total. The van der Waals surface area contributed by atoms with Crippen LogP contribution in [0.2, 0.25) is 0 Å². The van der Waals surface area contributed by atoms with Gasteiger partial charge in [0.2, 0.25) is 0 Å². The Labute approximate surface area is 136 Å². The minimum Gasteiger partial charge on any atom is -0.444 e. The second kappa shape index (κ2) is 8.19. The molecule has 0 aromatic heterocycles. The first-order chi connectivity index (χ1) is 10.1. The molecular weight excluding hydrogens is 278 g/mol. The molecule has 0 unspecified atom stereocenters. The molecule has 1 heterocycles. The van der Waals surface area contributed by atoms with E-state index in [2.05, 4.69) is 20.8 Å². The van der Waals surface area contributed by atoms with Crippen molar-refractivity contribution in [3.63, 3.8) is 0 Å². The minimum absolute atomic E-state index is 0.0870. The molecule has 1 saturated heterocycles. The fraction of sp³-hybridized carbons (Fsp3) is 0.944. The zero-order valence-corrected chi connectivity index (χ0v) is 15.4. The van der Waals surface area contributed by atoms with Gasteiger partial charge in [-0.25, -0.2) is 4.79 Å². The molecular formula is C18H35NO3. The highest BCUT2D eigenvalue weighted by Gasteiger charge is 2.34. The molecule has 0 spiro atoms. The molecule has 0 aromatic carbocycles. The minimum atomic E-state index is -0.426. The number of likely N-dealkylation sites (tertiary alicyclic amines) is 1. The third-order valence-electron chi connectivity index (χ3n) is 4.10. The van der Waals surface area contributed by atoms with E-state index in [9.17, 15) is 4.79 Å². The van der Waals surface area contributed by atoms with Crippen molar-refractivity contribution in [2.24, 2.45) is 5.92 Å². The van der Waals surface area contributed by atoms with Crippen LogP contribution in [-0.4, -0.2) is 41.9 Å². The number of nitrogens with zero attached hydrogens (tertiary/aromatic N) is 1. The van der Waals surface area contributed by atoms with Crippen LogP contribution >= 0.6 is 0 Å². The van der Waals surface area contributed by atoms with Crippen molar-refractivity contribution >= 4 is 6.09 Å². The Morgan fingerprint density at radius 1 is 1.18 bits per heavy atom. The fourth-order valence-corrected chi connectivity index (χ4v) is 2.61. The quantitative estimate of drug-likeness (QED) is 0.672. The van der Waals surface area contributed by atoms with E-state index in [1.165, 1.54) is 12.8 Å². The SMILES string of the molecule is CC(C)CCCCOC1(C)CCN(C(=O)OC(C)(C)C)CC1. The smallest absolute Gasteiger partial charge is 0.410 e. The lowest BCUT2D eigenvalue weighted by atomic mass is 9.93. The van der Waals surface area contributed by atoms with Crippen molar-refractivity contribution < 1.29 is 14.3 Å². The summed E-state index contributed by atoms with van der Waals surface area (Å²) in [5.41, 5.74) is -0.513. The number of unbranched alkanes of at least 4 members (excludes halogenated alkanes) is 1. The summed E-state index contributed by atoms with van der Waals surface area (Å²) >= 11 is 0. The van der Waals surface area contributed by atoms with Crippen LogP contribution in [0.15, 0.2) is 0 Å². The lowest BCUT2D eigenvalue weighted by molar-refractivity contribution is -0.0735. The van der Waals surface area contributed by atoms with Crippen LogP contribution in [-0.2, 0) is 9.47 Å². The molecule has 0 bridgehead atoms. The fourth-order valence-electron chi connectivity index (χ4n) is 2.61. The lowest BCUT2D eigenvalue weighted by Crippen LogP contribution is -2.48. The van der Waals surface area contributed by atoms with Gasteiger partial charge in [-0.1, -0.05) is 26.7 Å². The predicted molar refractivity (Wildman–Crippen MR) is 90.1 cm³/mol. The maximum atomic E-state index is 12.1. The van der Waals surface area contributed by atoms with Crippen molar-refractivity contribution in [3.8, 4) is 0 Å². The Bertz CT molecular complexity index is 339. The number of hydrogen-bond donors (Lipinski definition) is 0. The lowest BCUT2D eigenvalue weighted by Gasteiger charge is -2.39. The summed E-state index contributed by atoms with van der Waals surface area (Å²) < 4.78 is 11.5. The first-order valence-electron chi connectivity index (χ1n) is 8.73. The second-order valence-corrected chi connectivity index (χ2v) is 8.16. The average Bonchev–Trinajstić information content (AvgIpc) is 2.36. The molecule has 4 heteroatoms. The van der Waals surface area contributed by atoms with Crippen molar-refractivity contribution in [1.29, 1.82) is 0 Å². The van der Waals surface area contributed by atoms with E-state index in [-0.39, 0.29) is 11.7 Å². The normalized spacial score (nSPS) is 18.6. The van der Waals surface area contributed by atoms with E-state index >= 15 is 0 Å². The third kappa shape index (κ3) is 7.48. The van der Waals surface area contributed by atoms with Gasteiger partial charge in [-0.15, -0.1) is 0 Å². The number of carbonyl (C=O) groups excluding carboxylic acids is 1. The van der Waals surface area contributed by atoms with Crippen molar-refractivity contribution in [3.05, 3.63) is 0 Å². The van der Waals surface area contributed by atoms with Crippen LogP contribution in [0, 0.1) is 5.92 Å². The zero-order chi connectivity index (χ0) is 16.8. The van der Waals surface area contributed by atoms with Crippen LogP contribution in [0.1, 0.15) is 73.6 Å². The summed E-state index contributed by atoms with van der Waals surface area (Å²) in [4.78, 5) is 13.9. The van der Waals surface area contributed by atoms with Gasteiger partial charge in [0, 0.05) is 19.7 Å². The van der Waals surface area contributed by atoms with Crippen molar-refractivity contribution in [2.75, 3.05) is 19.7 Å². The van der Waals surface area contributed by atoms with Crippen LogP contribution < -0.4 is 0 Å². The van der Waals surface area contributed by atoms with E-state index in [0.717, 1.165) is 44.9 Å². The van der Waals surface area contributed by atoms with Gasteiger partial charge in [-0.2, -0.15) is 0 Å². The summed E-state index contributed by atoms with van der Waals surface area (Å²) in [5, 5.41) is 0. The average molecular weight is 313 g/mol. The van der Waals surface area contributed by atoms with E-state index in [1.54, 1.807) is 4.90 Å². The van der Waals surface area contributed by atoms with Crippen LogP contribution in [0.3, 0.4) is 0 Å². The molecule has 1 aliphatic heterocycles. The molecule has 0 radical (unpaired) electrons. The summed E-state index contributed by atoms with van der Waals surface area (Å²) in [6, 6.07) is 0. The molecule has 22 heavy (non-hydrogen) atoms. The van der Waals surface area contributed by atoms with Gasteiger partial charge in [0.05, 0.1) is 5.60 Å². The predicted octanol–water partition coefficient (Wildman–Crippen LogP) is 4.62. The molecule has 0 atom stereocenters. The maximum Gasteiger partial charge on any atom is 0.410 e. The van der Waals surface area contributed by atoms with Gasteiger partial charge < -0.3 is 14.4 Å². The van der Waals surface area contributed by atoms with Crippen LogP contribution in [0.5, 0.6) is 0 Å². The Hall–Kier alpha value is -0.770. The number of hydrogen-bond acceptors (Lipinski definition) is 3. The summed E-state index contributed by atoms with van der Waals surface area (Å²) in [5.74, 6) is 0.771. The number of carbonyl (C=O) groups is 1. The maximum absolute atomic E-state index is 12.1. The van der Waals surface area contributed by atoms with Gasteiger partial charge in [-0.3, -0.25) is 0 Å². The highest BCUT2D eigenvalue weighted by Crippen LogP contribution is 2.27. The van der Waals surface area contributed by atoms with E-state index in [0.29, 0.717) is 0 Å². The van der Waals surface area contributed by atoms with E-state index in [1.807, 2.05) is 20.8 Å². The standard InChI is InChI=1S/C18H35NO3/c1-15(2)9-7-8-14-21-18(6)10-12-19(13-11-18)16(20)22-17(3,4)5/h15H,7-14H2,1-6H3. The van der Waals surface area contributed by atoms with Gasteiger partial charge >= 0.3 is 6.09 Å². The van der Waals surface area contributed by atoms with Gasteiger partial charge in [-0.05, 0) is 52.9 Å². The largest absolute Gasteiger partial charge is 0.444 e. The Balaban J connectivity index is 2.26. The third-order valence-corrected chi connectivity index (χ3v) is 4.10. The first kappa shape index (κ1) is 19.3. The Morgan fingerprint density at radius 3 is 2.27 bits per heavy atom. The topological polar surface area (TPSA) is 38.8 Å². The Morgan fingerprint density at radius 2 is 1.77 bits per heavy atom. The van der Waals surface area contributed by atoms with Gasteiger partial charge in [0.25, 0.3) is 0 Å². The molecule has 0 saturated carbocycles. The molecule has 1 fully saturated rings. The summed E-state index contributed by atoms with van der Waals surface area (Å²) in [7, 11) is 0. The van der Waals surface area contributed by atoms with Crippen molar-refractivity contribution in [1.82, 2.24) is 4.90 Å². The van der Waals surface area contributed by atoms with Crippen molar-refractivity contribution in [2.45, 2.75) is 84.8 Å². The molecule has 1 amide bonds. The summed E-state index contributed by atoms with van der Waals surface area (Å²) in [6.07, 6.45) is 5.20. The zero-order valence-electron chi connectivity index (χ0n) is 15.4. The van der Waals surface area contributed by atoms with E-state index < -0.39 is 5.60 Å². The van der Waals surface area contributed by atoms with Crippen LogP contribution in [0.25, 0.3) is 0 Å². The number of ether oxygens (including phenoxy) is 2. The number of rotatable bonds is 6. The second-order valence-electron chi connectivity index (χ2n) is 8.16. The molecule has 0 aromatic rings. The number of piperidine rings is 1. The summed E-state index contributed by atoms with van der Waals surface area (Å²) in [6.45, 7) is 14.7. The number of amides is 1. The van der Waals surface area contributed by atoms with E-state index in [4.69, 9.17) is 9.47 Å². The van der Waals surface area contributed by atoms with Gasteiger partial charge in [0.15, 0.2) is 0 Å². The first-order valence-corrected chi connectivity index (χ1v) is 8.73. The molecule has 0 aliphatic carbocycles. The molecule has 130 valence electrons. The molecule has 1 rings (SSSR count). The molecule has 1 aliphatic rings. The highest BCUT2D eigenvalue weighted by molar-refractivity contribution is 5.68. The Kier molecular flexibility index (Phi) is 7.17. The highest BCUT2D eigenvalue weighted by atomic mass is 16.6.